The second-order valence-corrected chi connectivity index (χ2v) is 9.93. The van der Waals surface area contributed by atoms with E-state index in [4.69, 9.17) is 0 Å². The first-order valence-electron chi connectivity index (χ1n) is 13.5. The second-order valence-electron chi connectivity index (χ2n) is 9.93. The molecule has 1 aliphatic rings. The largest absolute Gasteiger partial charge is 0.208 e. The average molecular weight is 465 g/mol. The van der Waals surface area contributed by atoms with Crippen LogP contribution in [0.25, 0.3) is 11.1 Å². The minimum absolute atomic E-state index is 0.550. The summed E-state index contributed by atoms with van der Waals surface area (Å²) in [6.45, 7) is 4.22. The molecule has 0 saturated carbocycles. The molecule has 0 nitrogen and oxygen atoms in total. The summed E-state index contributed by atoms with van der Waals surface area (Å²) in [4.78, 5) is 0. The molecule has 2 aromatic carbocycles. The highest BCUT2D eigenvalue weighted by Crippen LogP contribution is 2.48. The van der Waals surface area contributed by atoms with Crippen molar-refractivity contribution >= 4 is 0 Å². The van der Waals surface area contributed by atoms with Crippen LogP contribution in [0.15, 0.2) is 78.4 Å². The lowest BCUT2D eigenvalue weighted by atomic mass is 9.73. The molecule has 2 aromatic rings. The highest BCUT2D eigenvalue weighted by molar-refractivity contribution is 5.63. The topological polar surface area (TPSA) is 0 Å². The number of unbranched alkanes of at least 4 members (excludes halogenated alkanes) is 9. The Morgan fingerprint density at radius 3 is 1.82 bits per heavy atom. The Hall–Kier alpha value is -2.22. The van der Waals surface area contributed by atoms with Gasteiger partial charge in [0.25, 0.3) is 0 Å². The number of hydrogen-bond donors (Lipinski definition) is 0. The zero-order valence-corrected chi connectivity index (χ0v) is 21.2. The molecule has 0 aliphatic heterocycles. The van der Waals surface area contributed by atoms with Gasteiger partial charge in [0.15, 0.2) is 0 Å². The number of hydrogen-bond acceptors (Lipinski definition) is 0. The summed E-state index contributed by atoms with van der Waals surface area (Å²) in [5, 5.41) is 0. The fourth-order valence-corrected chi connectivity index (χ4v) is 5.15. The molecule has 0 radical (unpaired) electrons. The zero-order chi connectivity index (χ0) is 24.2. The highest BCUT2D eigenvalue weighted by Gasteiger charge is 2.38. The third-order valence-electron chi connectivity index (χ3n) is 7.51. The summed E-state index contributed by atoms with van der Waals surface area (Å²) >= 11 is 0. The van der Waals surface area contributed by atoms with E-state index in [2.05, 4.69) is 19.1 Å². The van der Waals surface area contributed by atoms with E-state index < -0.39 is 23.0 Å². The van der Waals surface area contributed by atoms with Crippen molar-refractivity contribution < 1.29 is 8.78 Å². The minimum atomic E-state index is -0.773. The maximum absolute atomic E-state index is 15.4. The van der Waals surface area contributed by atoms with Crippen molar-refractivity contribution in [1.29, 1.82) is 0 Å². The van der Waals surface area contributed by atoms with E-state index in [0.717, 1.165) is 29.5 Å². The smallest absolute Gasteiger partial charge is 0.143 e. The Labute approximate surface area is 206 Å². The van der Waals surface area contributed by atoms with Crippen molar-refractivity contribution in [3.8, 4) is 11.1 Å². The van der Waals surface area contributed by atoms with Gasteiger partial charge in [-0.25, -0.2) is 8.78 Å². The Morgan fingerprint density at radius 1 is 0.676 bits per heavy atom. The van der Waals surface area contributed by atoms with Gasteiger partial charge in [-0.3, -0.25) is 0 Å². The lowest BCUT2D eigenvalue weighted by Crippen LogP contribution is -2.23. The predicted octanol–water partition coefficient (Wildman–Crippen LogP) is 10.9. The fraction of sp³-hybridized carbons (Fsp3) is 0.500. The number of rotatable bonds is 14. The van der Waals surface area contributed by atoms with Crippen LogP contribution in [0.2, 0.25) is 0 Å². The van der Waals surface area contributed by atoms with Gasteiger partial charge < -0.3 is 0 Å². The summed E-state index contributed by atoms with van der Waals surface area (Å²) in [7, 11) is 0. The summed E-state index contributed by atoms with van der Waals surface area (Å²) in [5.41, 5.74) is 2.23. The van der Waals surface area contributed by atoms with Crippen LogP contribution < -0.4 is 0 Å². The summed E-state index contributed by atoms with van der Waals surface area (Å²) < 4.78 is 30.7. The van der Waals surface area contributed by atoms with Crippen molar-refractivity contribution in [1.82, 2.24) is 0 Å². The molecular formula is C32H42F2. The van der Waals surface area contributed by atoms with Gasteiger partial charge in [-0.2, -0.15) is 0 Å². The molecule has 2 heteroatoms. The van der Waals surface area contributed by atoms with Gasteiger partial charge in [-0.1, -0.05) is 145 Å². The van der Waals surface area contributed by atoms with Gasteiger partial charge >= 0.3 is 0 Å². The number of benzene rings is 2. The van der Waals surface area contributed by atoms with Crippen LogP contribution in [0.1, 0.15) is 102 Å². The van der Waals surface area contributed by atoms with E-state index in [1.165, 1.54) is 51.4 Å². The van der Waals surface area contributed by atoms with Crippen molar-refractivity contribution in [2.24, 2.45) is 5.41 Å². The fourth-order valence-electron chi connectivity index (χ4n) is 5.15. The lowest BCUT2D eigenvalue weighted by Gasteiger charge is -2.33. The maximum Gasteiger partial charge on any atom is 0.143 e. The molecule has 0 bridgehead atoms. The monoisotopic (exact) mass is 464 g/mol. The van der Waals surface area contributed by atoms with Crippen LogP contribution in [0, 0.1) is 5.41 Å². The first-order chi connectivity index (χ1) is 16.6. The van der Waals surface area contributed by atoms with E-state index in [9.17, 15) is 0 Å². The highest BCUT2D eigenvalue weighted by atomic mass is 19.2. The quantitative estimate of drug-likeness (QED) is 0.193. The molecule has 0 spiro atoms. The predicted molar refractivity (Wildman–Crippen MR) is 142 cm³/mol. The van der Waals surface area contributed by atoms with Gasteiger partial charge in [-0.15, -0.1) is 0 Å². The van der Waals surface area contributed by atoms with Gasteiger partial charge in [-0.05, 0) is 29.5 Å². The van der Waals surface area contributed by atoms with Gasteiger partial charge in [0, 0.05) is 5.41 Å². The van der Waals surface area contributed by atoms with Crippen LogP contribution in [0.3, 0.4) is 0 Å². The Morgan fingerprint density at radius 2 is 1.24 bits per heavy atom. The normalized spacial score (nSPS) is 20.2. The molecule has 0 heterocycles. The molecule has 0 amide bonds. The molecule has 34 heavy (non-hydrogen) atoms. The van der Waals surface area contributed by atoms with E-state index in [1.54, 1.807) is 0 Å². The molecular weight excluding hydrogens is 422 g/mol. The van der Waals surface area contributed by atoms with Crippen LogP contribution in [-0.2, 0) is 0 Å². The maximum atomic E-state index is 15.4. The molecule has 0 fully saturated rings. The molecule has 3 rings (SSSR count). The van der Waals surface area contributed by atoms with Crippen LogP contribution in [0.5, 0.6) is 0 Å². The summed E-state index contributed by atoms with van der Waals surface area (Å²) in [6, 6.07) is 17.9. The lowest BCUT2D eigenvalue weighted by molar-refractivity contribution is 0.283. The molecule has 0 N–H and O–H groups in total. The van der Waals surface area contributed by atoms with Crippen LogP contribution in [0.4, 0.5) is 8.78 Å². The van der Waals surface area contributed by atoms with Gasteiger partial charge in [0.05, 0.1) is 5.92 Å². The Balaban J connectivity index is 1.53. The zero-order valence-electron chi connectivity index (χ0n) is 21.2. The van der Waals surface area contributed by atoms with E-state index in [1.807, 2.05) is 61.5 Å². The van der Waals surface area contributed by atoms with Crippen LogP contribution in [-0.4, -0.2) is 0 Å². The Kier molecular flexibility index (Phi) is 10.6. The minimum Gasteiger partial charge on any atom is -0.208 e. The van der Waals surface area contributed by atoms with Crippen molar-refractivity contribution in [2.75, 3.05) is 0 Å². The molecule has 184 valence electrons. The Bertz CT molecular complexity index is 910. The summed E-state index contributed by atoms with van der Waals surface area (Å²) in [6.07, 6.45) is 17.6. The third-order valence-corrected chi connectivity index (χ3v) is 7.51. The number of halogens is 2. The van der Waals surface area contributed by atoms with Crippen molar-refractivity contribution in [3.63, 3.8) is 0 Å². The molecule has 0 saturated heterocycles. The first kappa shape index (κ1) is 26.4. The van der Waals surface area contributed by atoms with E-state index in [-0.39, 0.29) is 0 Å². The van der Waals surface area contributed by atoms with Crippen LogP contribution >= 0.6 is 0 Å². The molecule has 1 aliphatic carbocycles. The standard InChI is InChI=1S/C32H42F2/c1-3-5-6-7-8-9-10-11-12-16-24-32(4-2)25-23-29(30(33)31(32)34)28-21-19-27(20-22-28)26-17-14-13-15-18-26/h13-15,17-23,25,29H,3-12,16,24H2,1-2H3. The second kappa shape index (κ2) is 13.6. The summed E-state index contributed by atoms with van der Waals surface area (Å²) in [5.74, 6) is -1.79. The molecule has 0 aromatic heterocycles. The van der Waals surface area contributed by atoms with Crippen molar-refractivity contribution in [3.05, 3.63) is 84.0 Å². The SMILES string of the molecule is CCCCCCCCCCCCC1(CC)C=CC(c2ccc(-c3ccccc3)cc2)C(F)=C1F. The molecule has 2 unspecified atom stereocenters. The van der Waals surface area contributed by atoms with E-state index >= 15 is 8.78 Å². The van der Waals surface area contributed by atoms with Gasteiger partial charge in [0.2, 0.25) is 0 Å². The third kappa shape index (κ3) is 6.90. The first-order valence-corrected chi connectivity index (χ1v) is 13.5. The molecule has 2 atom stereocenters. The van der Waals surface area contributed by atoms with E-state index in [0.29, 0.717) is 12.8 Å². The average Bonchev–Trinajstić information content (AvgIpc) is 2.88. The van der Waals surface area contributed by atoms with Gasteiger partial charge in [0.1, 0.15) is 11.7 Å². The van der Waals surface area contributed by atoms with Crippen molar-refractivity contribution in [2.45, 2.75) is 96.8 Å². The number of allylic oxidation sites excluding steroid dienone is 4.